The summed E-state index contributed by atoms with van der Waals surface area (Å²) in [6.45, 7) is 4.93. The van der Waals surface area contributed by atoms with Gasteiger partial charge in [0, 0.05) is 43.4 Å². The second-order valence-electron chi connectivity index (χ2n) is 6.37. The summed E-state index contributed by atoms with van der Waals surface area (Å²) in [4.78, 5) is 13.2. The molecule has 3 rings (SSSR count). The molecule has 23 heavy (non-hydrogen) atoms. The first kappa shape index (κ1) is 16.5. The van der Waals surface area contributed by atoms with E-state index < -0.39 is 0 Å². The number of nitrogens with one attached hydrogen (secondary N) is 1. The number of hydrogen-bond donors (Lipinski definition) is 1. The predicted molar refractivity (Wildman–Crippen MR) is 90.1 cm³/mol. The molecule has 126 valence electrons. The molecule has 0 aromatic heterocycles. The molecule has 0 amide bonds. The molecule has 1 unspecified atom stereocenters. The van der Waals surface area contributed by atoms with Gasteiger partial charge in [-0.25, -0.2) is 0 Å². The minimum atomic E-state index is -0.385. The molecule has 1 N–H and O–H groups in total. The number of hydrogen-bond acceptors (Lipinski definition) is 5. The highest BCUT2D eigenvalue weighted by atomic mass is 35.5. The fraction of sp³-hybridized carbons (Fsp3) is 0.625. The summed E-state index contributed by atoms with van der Waals surface area (Å²) in [5.41, 5.74) is 0.602. The first-order chi connectivity index (χ1) is 11.1. The molecule has 2 aliphatic rings. The Morgan fingerprint density at radius 2 is 2.13 bits per heavy atom. The monoisotopic (exact) mass is 339 g/mol. The van der Waals surface area contributed by atoms with E-state index in [2.05, 4.69) is 10.2 Å². The van der Waals surface area contributed by atoms with E-state index in [0.717, 1.165) is 52.1 Å². The maximum Gasteiger partial charge on any atom is 0.293 e. The third-order valence-corrected chi connectivity index (χ3v) is 4.88. The van der Waals surface area contributed by atoms with Gasteiger partial charge >= 0.3 is 0 Å². The van der Waals surface area contributed by atoms with E-state index in [0.29, 0.717) is 16.6 Å². The third kappa shape index (κ3) is 4.34. The minimum absolute atomic E-state index is 0.0445. The van der Waals surface area contributed by atoms with Crippen molar-refractivity contribution in [2.45, 2.75) is 25.3 Å². The Hall–Kier alpha value is -1.37. The highest BCUT2D eigenvalue weighted by Crippen LogP contribution is 2.29. The van der Waals surface area contributed by atoms with Crippen molar-refractivity contribution >= 4 is 23.0 Å². The number of likely N-dealkylation sites (tertiary alicyclic amines) is 1. The van der Waals surface area contributed by atoms with E-state index in [1.807, 2.05) is 0 Å². The van der Waals surface area contributed by atoms with E-state index >= 15 is 0 Å². The van der Waals surface area contributed by atoms with Gasteiger partial charge in [-0.05, 0) is 37.3 Å². The Balaban J connectivity index is 1.53. The number of rotatable bonds is 5. The van der Waals surface area contributed by atoms with Crippen molar-refractivity contribution in [3.8, 4) is 0 Å². The van der Waals surface area contributed by atoms with Crippen LogP contribution in [0.3, 0.4) is 0 Å². The Kier molecular flexibility index (Phi) is 5.35. The van der Waals surface area contributed by atoms with E-state index in [4.69, 9.17) is 16.3 Å². The third-order valence-electron chi connectivity index (χ3n) is 4.64. The summed E-state index contributed by atoms with van der Waals surface area (Å²) in [5.74, 6) is 0.664. The number of anilines is 1. The normalized spacial score (nSPS) is 23.1. The van der Waals surface area contributed by atoms with Crippen LogP contribution in [-0.2, 0) is 4.74 Å². The lowest BCUT2D eigenvalue weighted by atomic mass is 10.0. The molecule has 1 atom stereocenters. The van der Waals surface area contributed by atoms with Gasteiger partial charge in [0.1, 0.15) is 5.69 Å². The van der Waals surface area contributed by atoms with Gasteiger partial charge in [-0.2, -0.15) is 0 Å². The highest BCUT2D eigenvalue weighted by molar-refractivity contribution is 6.30. The summed E-state index contributed by atoms with van der Waals surface area (Å²) in [6.07, 6.45) is 3.15. The Bertz CT molecular complexity index is 556. The molecule has 2 aliphatic heterocycles. The zero-order chi connectivity index (χ0) is 16.2. The van der Waals surface area contributed by atoms with Crippen molar-refractivity contribution in [2.24, 2.45) is 5.92 Å². The fourth-order valence-electron chi connectivity index (χ4n) is 3.35. The molecular weight excluding hydrogens is 318 g/mol. The molecule has 1 aromatic carbocycles. The van der Waals surface area contributed by atoms with Gasteiger partial charge in [0.05, 0.1) is 11.5 Å². The van der Waals surface area contributed by atoms with E-state index in [9.17, 15) is 10.1 Å². The molecule has 0 radical (unpaired) electrons. The van der Waals surface area contributed by atoms with Gasteiger partial charge < -0.3 is 15.0 Å². The number of nitro benzene ring substituents is 1. The molecule has 1 aromatic rings. The van der Waals surface area contributed by atoms with Crippen LogP contribution in [0.25, 0.3) is 0 Å². The van der Waals surface area contributed by atoms with Crippen molar-refractivity contribution in [1.82, 2.24) is 4.90 Å². The molecule has 0 saturated carbocycles. The molecule has 6 nitrogen and oxygen atoms in total. The average molecular weight is 340 g/mol. The van der Waals surface area contributed by atoms with Gasteiger partial charge in [0.2, 0.25) is 0 Å². The molecule has 7 heteroatoms. The van der Waals surface area contributed by atoms with Gasteiger partial charge in [0.15, 0.2) is 0 Å². The van der Waals surface area contributed by atoms with E-state index in [1.165, 1.54) is 6.07 Å². The van der Waals surface area contributed by atoms with Gasteiger partial charge in [0.25, 0.3) is 5.69 Å². The Labute approximate surface area is 140 Å². The quantitative estimate of drug-likeness (QED) is 0.659. The van der Waals surface area contributed by atoms with E-state index in [-0.39, 0.29) is 16.7 Å². The zero-order valence-corrected chi connectivity index (χ0v) is 13.8. The van der Waals surface area contributed by atoms with Crippen LogP contribution in [0.1, 0.15) is 19.3 Å². The number of nitrogens with zero attached hydrogens (tertiary/aromatic N) is 2. The molecule has 0 bridgehead atoms. The van der Waals surface area contributed by atoms with Crippen LogP contribution in [0.15, 0.2) is 18.2 Å². The SMILES string of the molecule is O=[N+]([O-])c1cc(Cl)ccc1NC1CCN(CC2CCOC2)CC1. The average Bonchev–Trinajstić information content (AvgIpc) is 3.04. The molecular formula is C16H22ClN3O3. The van der Waals surface area contributed by atoms with Crippen molar-refractivity contribution < 1.29 is 9.66 Å². The molecule has 2 saturated heterocycles. The molecule has 2 fully saturated rings. The summed E-state index contributed by atoms with van der Waals surface area (Å²) < 4.78 is 5.43. The van der Waals surface area contributed by atoms with E-state index in [1.54, 1.807) is 12.1 Å². The number of ether oxygens (including phenoxy) is 1. The first-order valence-corrected chi connectivity index (χ1v) is 8.50. The maximum absolute atomic E-state index is 11.1. The number of piperidine rings is 1. The minimum Gasteiger partial charge on any atom is -0.381 e. The Morgan fingerprint density at radius 3 is 2.78 bits per heavy atom. The zero-order valence-electron chi connectivity index (χ0n) is 13.0. The predicted octanol–water partition coefficient (Wildman–Crippen LogP) is 3.16. The Morgan fingerprint density at radius 1 is 1.35 bits per heavy atom. The second-order valence-corrected chi connectivity index (χ2v) is 6.80. The first-order valence-electron chi connectivity index (χ1n) is 8.12. The van der Waals surface area contributed by atoms with Crippen molar-refractivity contribution in [1.29, 1.82) is 0 Å². The summed E-state index contributed by atoms with van der Waals surface area (Å²) in [6, 6.07) is 5.06. The van der Waals surface area contributed by atoms with Crippen molar-refractivity contribution in [2.75, 3.05) is 38.2 Å². The topological polar surface area (TPSA) is 67.6 Å². The lowest BCUT2D eigenvalue weighted by Crippen LogP contribution is -2.41. The van der Waals surface area contributed by atoms with Gasteiger partial charge in [-0.1, -0.05) is 11.6 Å². The number of halogens is 1. The van der Waals surface area contributed by atoms with Crippen LogP contribution in [0, 0.1) is 16.0 Å². The number of nitro groups is 1. The summed E-state index contributed by atoms with van der Waals surface area (Å²) >= 11 is 5.85. The van der Waals surface area contributed by atoms with Crippen LogP contribution in [0.4, 0.5) is 11.4 Å². The van der Waals surface area contributed by atoms with Crippen molar-refractivity contribution in [3.63, 3.8) is 0 Å². The fourth-order valence-corrected chi connectivity index (χ4v) is 3.52. The van der Waals surface area contributed by atoms with Crippen molar-refractivity contribution in [3.05, 3.63) is 33.3 Å². The van der Waals surface area contributed by atoms with Crippen LogP contribution < -0.4 is 5.32 Å². The molecule has 0 spiro atoms. The second kappa shape index (κ2) is 7.47. The van der Waals surface area contributed by atoms with Crippen LogP contribution in [0.2, 0.25) is 5.02 Å². The highest BCUT2D eigenvalue weighted by Gasteiger charge is 2.25. The lowest BCUT2D eigenvalue weighted by molar-refractivity contribution is -0.384. The summed E-state index contributed by atoms with van der Waals surface area (Å²) in [7, 11) is 0. The van der Waals surface area contributed by atoms with Gasteiger partial charge in [-0.15, -0.1) is 0 Å². The van der Waals surface area contributed by atoms with Crippen LogP contribution in [0.5, 0.6) is 0 Å². The van der Waals surface area contributed by atoms with Gasteiger partial charge in [-0.3, -0.25) is 10.1 Å². The standard InChI is InChI=1S/C16H22ClN3O3/c17-13-1-2-15(16(9-13)20(21)22)18-14-3-6-19(7-4-14)10-12-5-8-23-11-12/h1-2,9,12,14,18H,3-8,10-11H2. The van der Waals surface area contributed by atoms with Crippen LogP contribution in [-0.4, -0.2) is 48.7 Å². The smallest absolute Gasteiger partial charge is 0.293 e. The van der Waals surface area contributed by atoms with Crippen LogP contribution >= 0.6 is 11.6 Å². The lowest BCUT2D eigenvalue weighted by Gasteiger charge is -2.34. The maximum atomic E-state index is 11.1. The largest absolute Gasteiger partial charge is 0.381 e. The molecule has 0 aliphatic carbocycles. The number of benzene rings is 1. The summed E-state index contributed by atoms with van der Waals surface area (Å²) in [5, 5.41) is 14.9. The molecule has 2 heterocycles.